The minimum absolute atomic E-state index is 0.0213. The van der Waals surface area contributed by atoms with Crippen LogP contribution in [0.15, 0.2) is 79.1 Å². The van der Waals surface area contributed by atoms with Crippen LogP contribution in [-0.4, -0.2) is 32.8 Å². The normalized spacial score (nSPS) is 13.0. The number of aromatic nitrogens is 2. The first-order chi connectivity index (χ1) is 15.2. The summed E-state index contributed by atoms with van der Waals surface area (Å²) >= 11 is 1.43. The average molecular weight is 429 g/mol. The Morgan fingerprint density at radius 2 is 1.65 bits per heavy atom. The van der Waals surface area contributed by atoms with Gasteiger partial charge in [0.2, 0.25) is 0 Å². The molecule has 2 aromatic heterocycles. The molecule has 1 aliphatic rings. The molecule has 0 saturated carbocycles. The Bertz CT molecular complexity index is 1210. The zero-order valence-corrected chi connectivity index (χ0v) is 17.5. The monoisotopic (exact) mass is 428 g/mol. The first-order valence-corrected chi connectivity index (χ1v) is 10.9. The number of rotatable bonds is 4. The van der Waals surface area contributed by atoms with E-state index in [4.69, 9.17) is 0 Å². The molecule has 6 nitrogen and oxygen atoms in total. The summed E-state index contributed by atoms with van der Waals surface area (Å²) < 4.78 is 1.99. The van der Waals surface area contributed by atoms with Crippen molar-refractivity contribution in [1.29, 1.82) is 0 Å². The van der Waals surface area contributed by atoms with Gasteiger partial charge in [0.15, 0.2) is 5.13 Å². The smallest absolute Gasteiger partial charge is 0.257 e. The summed E-state index contributed by atoms with van der Waals surface area (Å²) in [5.74, 6) is -0.171. The van der Waals surface area contributed by atoms with Crippen LogP contribution in [0.1, 0.15) is 31.3 Å². The Morgan fingerprint density at radius 1 is 0.903 bits per heavy atom. The third-order valence-electron chi connectivity index (χ3n) is 5.29. The van der Waals surface area contributed by atoms with Crippen LogP contribution >= 0.6 is 11.3 Å². The summed E-state index contributed by atoms with van der Waals surface area (Å²) in [6.45, 7) is 1.14. The number of thiazole rings is 1. The second-order valence-electron chi connectivity index (χ2n) is 7.32. The molecule has 0 atom stereocenters. The van der Waals surface area contributed by atoms with Crippen molar-refractivity contribution in [3.8, 4) is 5.69 Å². The fourth-order valence-corrected chi connectivity index (χ4v) is 4.67. The highest BCUT2D eigenvalue weighted by Crippen LogP contribution is 2.29. The van der Waals surface area contributed by atoms with Gasteiger partial charge >= 0.3 is 0 Å². The SMILES string of the molecule is O=C(Nc1nc2c(s1)CN(C(=O)c1ccccc1)CC2)c1ccc(-n2cccc2)cc1. The third kappa shape index (κ3) is 4.00. The number of nitrogens with one attached hydrogen (secondary N) is 1. The van der Waals surface area contributed by atoms with Gasteiger partial charge in [-0.2, -0.15) is 0 Å². The fraction of sp³-hybridized carbons (Fsp3) is 0.125. The number of carbonyl (C=O) groups is 2. The van der Waals surface area contributed by atoms with E-state index in [9.17, 15) is 9.59 Å². The van der Waals surface area contributed by atoms with Crippen molar-refractivity contribution in [3.05, 3.63) is 101 Å². The molecule has 1 aliphatic heterocycles. The van der Waals surface area contributed by atoms with Gasteiger partial charge in [0.25, 0.3) is 11.8 Å². The number of hydrogen-bond donors (Lipinski definition) is 1. The summed E-state index contributed by atoms with van der Waals surface area (Å²) in [6, 6.07) is 20.6. The van der Waals surface area contributed by atoms with Gasteiger partial charge in [-0.1, -0.05) is 29.5 Å². The Morgan fingerprint density at radius 3 is 2.39 bits per heavy atom. The molecule has 154 valence electrons. The first-order valence-electron chi connectivity index (χ1n) is 10.0. The summed E-state index contributed by atoms with van der Waals surface area (Å²) in [6.07, 6.45) is 4.60. The topological polar surface area (TPSA) is 67.2 Å². The lowest BCUT2D eigenvalue weighted by atomic mass is 10.1. The quantitative estimate of drug-likeness (QED) is 0.524. The second kappa shape index (κ2) is 8.20. The molecule has 0 bridgehead atoms. The molecule has 7 heteroatoms. The molecule has 4 aromatic rings. The molecule has 3 heterocycles. The van der Waals surface area contributed by atoms with Crippen molar-refractivity contribution in [2.75, 3.05) is 11.9 Å². The molecule has 0 unspecified atom stereocenters. The van der Waals surface area contributed by atoms with E-state index in [2.05, 4.69) is 10.3 Å². The number of nitrogens with zero attached hydrogens (tertiary/aromatic N) is 3. The molecule has 2 amide bonds. The van der Waals surface area contributed by atoms with E-state index in [1.807, 2.05) is 76.5 Å². The van der Waals surface area contributed by atoms with Gasteiger partial charge in [0.1, 0.15) is 0 Å². The molecular weight excluding hydrogens is 408 g/mol. The van der Waals surface area contributed by atoms with Gasteiger partial charge in [-0.05, 0) is 48.5 Å². The van der Waals surface area contributed by atoms with Crippen molar-refractivity contribution in [2.24, 2.45) is 0 Å². The predicted octanol–water partition coefficient (Wildman–Crippen LogP) is 4.38. The maximum atomic E-state index is 12.7. The van der Waals surface area contributed by atoms with Crippen LogP contribution in [0.2, 0.25) is 0 Å². The van der Waals surface area contributed by atoms with Crippen LogP contribution in [0.25, 0.3) is 5.69 Å². The molecule has 1 N–H and O–H groups in total. The first kappa shape index (κ1) is 19.3. The van der Waals surface area contributed by atoms with E-state index in [0.29, 0.717) is 35.8 Å². The number of amides is 2. The van der Waals surface area contributed by atoms with Gasteiger partial charge in [-0.15, -0.1) is 0 Å². The van der Waals surface area contributed by atoms with Gasteiger partial charge in [0, 0.05) is 47.1 Å². The number of fused-ring (bicyclic) bond motifs is 1. The van der Waals surface area contributed by atoms with E-state index in [-0.39, 0.29) is 11.8 Å². The zero-order valence-electron chi connectivity index (χ0n) is 16.7. The van der Waals surface area contributed by atoms with Crippen LogP contribution in [0, 0.1) is 0 Å². The van der Waals surface area contributed by atoms with Crippen molar-refractivity contribution < 1.29 is 9.59 Å². The van der Waals surface area contributed by atoms with Crippen molar-refractivity contribution >= 4 is 28.3 Å². The maximum absolute atomic E-state index is 12.7. The summed E-state index contributed by atoms with van der Waals surface area (Å²) in [5.41, 5.74) is 3.21. The average Bonchev–Trinajstić information content (AvgIpc) is 3.48. The van der Waals surface area contributed by atoms with E-state index >= 15 is 0 Å². The third-order valence-corrected chi connectivity index (χ3v) is 6.29. The highest BCUT2D eigenvalue weighted by atomic mass is 32.1. The summed E-state index contributed by atoms with van der Waals surface area (Å²) in [5, 5.41) is 3.47. The second-order valence-corrected chi connectivity index (χ2v) is 8.41. The molecule has 0 fully saturated rings. The molecule has 2 aromatic carbocycles. The Labute approximate surface area is 183 Å². The lowest BCUT2D eigenvalue weighted by Crippen LogP contribution is -2.35. The van der Waals surface area contributed by atoms with E-state index in [0.717, 1.165) is 16.3 Å². The number of hydrogen-bond acceptors (Lipinski definition) is 4. The zero-order chi connectivity index (χ0) is 21.2. The summed E-state index contributed by atoms with van der Waals surface area (Å²) in [4.78, 5) is 32.8. The Kier molecular flexibility index (Phi) is 5.09. The van der Waals surface area contributed by atoms with E-state index in [1.165, 1.54) is 11.3 Å². The van der Waals surface area contributed by atoms with Crippen molar-refractivity contribution in [1.82, 2.24) is 14.5 Å². The maximum Gasteiger partial charge on any atom is 0.257 e. The fourth-order valence-electron chi connectivity index (χ4n) is 3.65. The Balaban J connectivity index is 1.26. The van der Waals surface area contributed by atoms with Crippen molar-refractivity contribution in [3.63, 3.8) is 0 Å². The highest BCUT2D eigenvalue weighted by Gasteiger charge is 2.25. The van der Waals surface area contributed by atoms with Crippen LogP contribution in [0.4, 0.5) is 5.13 Å². The lowest BCUT2D eigenvalue weighted by molar-refractivity contribution is 0.0736. The molecule has 31 heavy (non-hydrogen) atoms. The van der Waals surface area contributed by atoms with Crippen LogP contribution in [0.3, 0.4) is 0 Å². The molecule has 0 saturated heterocycles. The lowest BCUT2D eigenvalue weighted by Gasteiger charge is -2.26. The van der Waals surface area contributed by atoms with Crippen LogP contribution in [0.5, 0.6) is 0 Å². The molecule has 0 aliphatic carbocycles. The minimum atomic E-state index is -0.192. The number of anilines is 1. The Hall–Kier alpha value is -3.71. The number of carbonyl (C=O) groups excluding carboxylic acids is 2. The molecule has 0 radical (unpaired) electrons. The molecular formula is C24H20N4O2S. The minimum Gasteiger partial charge on any atom is -0.333 e. The van der Waals surface area contributed by atoms with Gasteiger partial charge < -0.3 is 9.47 Å². The van der Waals surface area contributed by atoms with Gasteiger partial charge in [-0.25, -0.2) is 4.98 Å². The van der Waals surface area contributed by atoms with Gasteiger partial charge in [0.05, 0.1) is 12.2 Å². The largest absolute Gasteiger partial charge is 0.333 e. The highest BCUT2D eigenvalue weighted by molar-refractivity contribution is 7.15. The summed E-state index contributed by atoms with van der Waals surface area (Å²) in [7, 11) is 0. The van der Waals surface area contributed by atoms with Gasteiger partial charge in [-0.3, -0.25) is 14.9 Å². The predicted molar refractivity (Wildman–Crippen MR) is 121 cm³/mol. The standard InChI is InChI=1S/C24H20N4O2S/c29-22(17-8-10-19(11-9-17)27-13-4-5-14-27)26-24-25-20-12-15-28(16-21(20)31-24)23(30)18-6-2-1-3-7-18/h1-11,13-14H,12,15-16H2,(H,25,26,29). The van der Waals surface area contributed by atoms with Crippen LogP contribution < -0.4 is 5.32 Å². The van der Waals surface area contributed by atoms with Crippen LogP contribution in [-0.2, 0) is 13.0 Å². The van der Waals surface area contributed by atoms with E-state index < -0.39 is 0 Å². The van der Waals surface area contributed by atoms with E-state index in [1.54, 1.807) is 12.1 Å². The molecule has 0 spiro atoms. The number of benzene rings is 2. The molecule has 5 rings (SSSR count). The van der Waals surface area contributed by atoms with Crippen molar-refractivity contribution in [2.45, 2.75) is 13.0 Å².